The van der Waals surface area contributed by atoms with Crippen LogP contribution in [0.5, 0.6) is 0 Å². The average molecular weight is 456 g/mol. The minimum Gasteiger partial charge on any atom is -0.383 e. The first kappa shape index (κ1) is 20.9. The largest absolute Gasteiger partial charge is 0.383 e. The molecule has 2 aromatic carbocycles. The number of hydrogen-bond donors (Lipinski definition) is 2. The SMILES string of the molecule is Cc1nc2nc(Nc3cc(Cl)ccc3Cc3cccnc3)nn2c(N)c1Cc1ccccc1. The lowest BCUT2D eigenvalue weighted by Gasteiger charge is -2.10. The fourth-order valence-electron chi connectivity index (χ4n) is 3.80. The van der Waals surface area contributed by atoms with Crippen LogP contribution in [0.3, 0.4) is 0 Å². The van der Waals surface area contributed by atoms with E-state index in [-0.39, 0.29) is 0 Å². The average Bonchev–Trinajstić information content (AvgIpc) is 3.22. The summed E-state index contributed by atoms with van der Waals surface area (Å²) in [4.78, 5) is 13.4. The number of nitrogens with zero attached hydrogens (tertiary/aromatic N) is 5. The van der Waals surface area contributed by atoms with Crippen LogP contribution >= 0.6 is 11.6 Å². The number of halogens is 1. The Morgan fingerprint density at radius 1 is 0.970 bits per heavy atom. The lowest BCUT2D eigenvalue weighted by atomic mass is 10.0. The zero-order chi connectivity index (χ0) is 22.8. The van der Waals surface area contributed by atoms with E-state index in [0.29, 0.717) is 35.4 Å². The van der Waals surface area contributed by atoms with Crippen LogP contribution in [0.2, 0.25) is 5.02 Å². The number of aryl methyl sites for hydroxylation is 1. The first-order chi connectivity index (χ1) is 16.1. The van der Waals surface area contributed by atoms with E-state index in [1.54, 1.807) is 10.7 Å². The molecule has 0 saturated heterocycles. The Kier molecular flexibility index (Phi) is 5.62. The third-order valence-electron chi connectivity index (χ3n) is 5.49. The molecular weight excluding hydrogens is 434 g/mol. The molecule has 0 radical (unpaired) electrons. The number of fused-ring (bicyclic) bond motifs is 1. The molecule has 0 bridgehead atoms. The summed E-state index contributed by atoms with van der Waals surface area (Å²) in [5.74, 6) is 1.38. The number of nitrogens with one attached hydrogen (secondary N) is 1. The molecule has 3 heterocycles. The monoisotopic (exact) mass is 455 g/mol. The number of nitrogen functional groups attached to an aromatic ring is 1. The van der Waals surface area contributed by atoms with E-state index in [2.05, 4.69) is 37.5 Å². The molecular formula is C25H22ClN7. The Bertz CT molecular complexity index is 1420. The van der Waals surface area contributed by atoms with Crippen molar-refractivity contribution in [1.29, 1.82) is 0 Å². The fraction of sp³-hybridized carbons (Fsp3) is 0.120. The zero-order valence-corrected chi connectivity index (χ0v) is 18.8. The third kappa shape index (κ3) is 4.49. The van der Waals surface area contributed by atoms with Crippen molar-refractivity contribution in [2.45, 2.75) is 19.8 Å². The highest BCUT2D eigenvalue weighted by molar-refractivity contribution is 6.30. The van der Waals surface area contributed by atoms with Gasteiger partial charge in [-0.15, -0.1) is 5.10 Å². The summed E-state index contributed by atoms with van der Waals surface area (Å²) in [5, 5.41) is 8.50. The van der Waals surface area contributed by atoms with Crippen molar-refractivity contribution in [3.8, 4) is 0 Å². The molecule has 164 valence electrons. The molecule has 0 fully saturated rings. The second-order valence-electron chi connectivity index (χ2n) is 7.84. The Morgan fingerprint density at radius 2 is 1.79 bits per heavy atom. The molecule has 0 amide bonds. The number of benzene rings is 2. The van der Waals surface area contributed by atoms with Crippen LogP contribution in [0.15, 0.2) is 73.1 Å². The summed E-state index contributed by atoms with van der Waals surface area (Å²) in [6.07, 6.45) is 4.98. The molecule has 3 aromatic heterocycles. The van der Waals surface area contributed by atoms with Crippen molar-refractivity contribution < 1.29 is 0 Å². The van der Waals surface area contributed by atoms with Crippen molar-refractivity contribution in [1.82, 2.24) is 24.6 Å². The van der Waals surface area contributed by atoms with Gasteiger partial charge in [0, 0.05) is 47.2 Å². The van der Waals surface area contributed by atoms with Crippen LogP contribution in [0, 0.1) is 6.92 Å². The van der Waals surface area contributed by atoms with Gasteiger partial charge < -0.3 is 11.1 Å². The number of hydrogen-bond acceptors (Lipinski definition) is 6. The topological polar surface area (TPSA) is 94.0 Å². The minimum absolute atomic E-state index is 0.403. The molecule has 33 heavy (non-hydrogen) atoms. The zero-order valence-electron chi connectivity index (χ0n) is 18.0. The van der Waals surface area contributed by atoms with Gasteiger partial charge >= 0.3 is 0 Å². The smallest absolute Gasteiger partial charge is 0.256 e. The van der Waals surface area contributed by atoms with Crippen molar-refractivity contribution in [2.24, 2.45) is 0 Å². The fourth-order valence-corrected chi connectivity index (χ4v) is 3.97. The maximum absolute atomic E-state index is 6.50. The van der Waals surface area contributed by atoms with Crippen molar-refractivity contribution in [3.63, 3.8) is 0 Å². The molecule has 0 aliphatic rings. The summed E-state index contributed by atoms with van der Waals surface area (Å²) < 4.78 is 1.58. The molecule has 8 heteroatoms. The van der Waals surface area contributed by atoms with Crippen LogP contribution in [0.4, 0.5) is 17.5 Å². The second kappa shape index (κ2) is 8.88. The van der Waals surface area contributed by atoms with Gasteiger partial charge in [-0.1, -0.05) is 54.1 Å². The Hall–Kier alpha value is -3.97. The summed E-state index contributed by atoms with van der Waals surface area (Å²) in [7, 11) is 0. The maximum Gasteiger partial charge on any atom is 0.256 e. The molecule has 0 unspecified atom stereocenters. The Morgan fingerprint density at radius 3 is 2.58 bits per heavy atom. The molecule has 5 rings (SSSR count). The first-order valence-corrected chi connectivity index (χ1v) is 10.9. The van der Waals surface area contributed by atoms with Crippen LogP contribution in [-0.4, -0.2) is 24.6 Å². The van der Waals surface area contributed by atoms with Crippen molar-refractivity contribution >= 4 is 34.8 Å². The van der Waals surface area contributed by atoms with E-state index < -0.39 is 0 Å². The van der Waals surface area contributed by atoms with Gasteiger partial charge in [-0.05, 0) is 41.8 Å². The van der Waals surface area contributed by atoms with Gasteiger partial charge in [0.15, 0.2) is 0 Å². The van der Waals surface area contributed by atoms with Crippen LogP contribution < -0.4 is 11.1 Å². The quantitative estimate of drug-likeness (QED) is 0.374. The standard InChI is InChI=1S/C25H22ClN7/c1-16-21(13-17-6-3-2-4-7-17)23(27)33-25(29-16)31-24(32-33)30-22-14-20(26)10-9-19(22)12-18-8-5-11-28-15-18/h2-11,14-15H,12-13,27H2,1H3,(H,30,32). The van der Waals surface area contributed by atoms with Crippen LogP contribution in [0.25, 0.3) is 5.78 Å². The summed E-state index contributed by atoms with van der Waals surface area (Å²) in [6, 6.07) is 19.8. The third-order valence-corrected chi connectivity index (χ3v) is 5.73. The molecule has 3 N–H and O–H groups in total. The van der Waals surface area contributed by atoms with E-state index in [1.165, 1.54) is 0 Å². The van der Waals surface area contributed by atoms with Crippen LogP contribution in [-0.2, 0) is 12.8 Å². The maximum atomic E-state index is 6.50. The van der Waals surface area contributed by atoms with E-state index in [9.17, 15) is 0 Å². The van der Waals surface area contributed by atoms with Gasteiger partial charge in [0.25, 0.3) is 5.78 Å². The van der Waals surface area contributed by atoms with Crippen LogP contribution in [0.1, 0.15) is 27.9 Å². The number of nitrogens with two attached hydrogens (primary N) is 1. The predicted molar refractivity (Wildman–Crippen MR) is 131 cm³/mol. The molecule has 5 aromatic rings. The van der Waals surface area contributed by atoms with Gasteiger partial charge in [-0.3, -0.25) is 4.98 Å². The van der Waals surface area contributed by atoms with Gasteiger partial charge in [0.05, 0.1) is 0 Å². The van der Waals surface area contributed by atoms with Gasteiger partial charge in [0.2, 0.25) is 5.95 Å². The van der Waals surface area contributed by atoms with E-state index in [4.69, 9.17) is 17.3 Å². The number of aromatic nitrogens is 5. The van der Waals surface area contributed by atoms with Crippen molar-refractivity contribution in [2.75, 3.05) is 11.1 Å². The highest BCUT2D eigenvalue weighted by atomic mass is 35.5. The van der Waals surface area contributed by atoms with Gasteiger partial charge in [-0.25, -0.2) is 4.98 Å². The normalized spacial score (nSPS) is 11.1. The molecule has 0 atom stereocenters. The summed E-state index contributed by atoms with van der Waals surface area (Å²) >= 11 is 6.28. The first-order valence-electron chi connectivity index (χ1n) is 10.6. The Balaban J connectivity index is 1.48. The summed E-state index contributed by atoms with van der Waals surface area (Å²) in [5.41, 5.74) is 12.4. The summed E-state index contributed by atoms with van der Waals surface area (Å²) in [6.45, 7) is 1.94. The number of rotatable bonds is 6. The van der Waals surface area contributed by atoms with Gasteiger partial charge in [0.1, 0.15) is 5.82 Å². The molecule has 0 aliphatic heterocycles. The molecule has 7 nitrogen and oxygen atoms in total. The molecule has 0 spiro atoms. The van der Waals surface area contributed by atoms with Crippen molar-refractivity contribution in [3.05, 3.63) is 106 Å². The predicted octanol–water partition coefficient (Wildman–Crippen LogP) is 4.99. The molecule has 0 saturated carbocycles. The highest BCUT2D eigenvalue weighted by Crippen LogP contribution is 2.27. The molecule has 0 aliphatic carbocycles. The van der Waals surface area contributed by atoms with E-state index in [1.807, 2.05) is 61.7 Å². The lowest BCUT2D eigenvalue weighted by molar-refractivity contribution is 0.917. The number of anilines is 3. The Labute approximate surface area is 196 Å². The van der Waals surface area contributed by atoms with E-state index >= 15 is 0 Å². The number of pyridine rings is 1. The minimum atomic E-state index is 0.403. The second-order valence-corrected chi connectivity index (χ2v) is 8.27. The van der Waals surface area contributed by atoms with Gasteiger partial charge in [-0.2, -0.15) is 9.50 Å². The lowest BCUT2D eigenvalue weighted by Crippen LogP contribution is -2.09. The van der Waals surface area contributed by atoms with E-state index in [0.717, 1.165) is 33.6 Å². The highest BCUT2D eigenvalue weighted by Gasteiger charge is 2.16.